The molecule has 0 bridgehead atoms. The number of aromatic nitrogens is 3. The van der Waals surface area contributed by atoms with E-state index >= 15 is 0 Å². The zero-order valence-corrected chi connectivity index (χ0v) is 17.7. The highest BCUT2D eigenvalue weighted by molar-refractivity contribution is 6.35. The Morgan fingerprint density at radius 3 is 2.50 bits per heavy atom. The highest BCUT2D eigenvalue weighted by Gasteiger charge is 2.20. The summed E-state index contributed by atoms with van der Waals surface area (Å²) in [4.78, 5) is 13.6. The van der Waals surface area contributed by atoms with Gasteiger partial charge in [-0.15, -0.1) is 0 Å². The first-order valence-corrected chi connectivity index (χ1v) is 10.8. The van der Waals surface area contributed by atoms with E-state index in [0.29, 0.717) is 23.1 Å². The highest BCUT2D eigenvalue weighted by atomic mass is 35.5. The third kappa shape index (κ3) is 3.41. The fourth-order valence-electron chi connectivity index (χ4n) is 4.42. The Balaban J connectivity index is 1.62. The van der Waals surface area contributed by atoms with Gasteiger partial charge in [0.15, 0.2) is 5.82 Å². The van der Waals surface area contributed by atoms with Crippen LogP contribution < -0.4 is 5.73 Å². The van der Waals surface area contributed by atoms with Crippen molar-refractivity contribution in [2.24, 2.45) is 0 Å². The predicted octanol–water partition coefficient (Wildman–Crippen LogP) is 5.57. The molecule has 0 spiro atoms. The van der Waals surface area contributed by atoms with Crippen molar-refractivity contribution in [2.75, 3.05) is 5.73 Å². The third-order valence-corrected chi connectivity index (χ3v) is 6.19. The number of halogens is 1. The van der Waals surface area contributed by atoms with Crippen LogP contribution in [0.15, 0.2) is 48.5 Å². The molecule has 0 saturated carbocycles. The molecule has 0 amide bonds. The number of nitrogens with zero attached hydrogens (tertiary/aromatic N) is 3. The van der Waals surface area contributed by atoms with Gasteiger partial charge in [0.05, 0.1) is 5.02 Å². The normalized spacial score (nSPS) is 13.0. The summed E-state index contributed by atoms with van der Waals surface area (Å²) in [5.41, 5.74) is 12.1. The molecule has 0 fully saturated rings. The van der Waals surface area contributed by atoms with Gasteiger partial charge < -0.3 is 5.73 Å². The molecule has 0 atom stereocenters. The van der Waals surface area contributed by atoms with E-state index < -0.39 is 0 Å². The van der Waals surface area contributed by atoms with Crippen molar-refractivity contribution in [3.63, 3.8) is 0 Å². The highest BCUT2D eigenvalue weighted by Crippen LogP contribution is 2.40. The molecule has 30 heavy (non-hydrogen) atoms. The van der Waals surface area contributed by atoms with E-state index in [2.05, 4.69) is 65.4 Å². The van der Waals surface area contributed by atoms with Crippen LogP contribution in [-0.4, -0.2) is 15.0 Å². The molecule has 150 valence electrons. The summed E-state index contributed by atoms with van der Waals surface area (Å²) < 4.78 is 0. The van der Waals surface area contributed by atoms with Crippen molar-refractivity contribution >= 4 is 28.3 Å². The van der Waals surface area contributed by atoms with Crippen molar-refractivity contribution in [1.29, 1.82) is 0 Å². The molecule has 0 aliphatic heterocycles. The van der Waals surface area contributed by atoms with Gasteiger partial charge in [0, 0.05) is 12.0 Å². The van der Waals surface area contributed by atoms with Crippen molar-refractivity contribution in [1.82, 2.24) is 15.0 Å². The lowest BCUT2D eigenvalue weighted by Gasteiger charge is -2.20. The second-order valence-electron chi connectivity index (χ2n) is 7.87. The average molecular weight is 415 g/mol. The molecule has 0 unspecified atom stereocenters. The van der Waals surface area contributed by atoms with E-state index in [1.54, 1.807) is 0 Å². The Morgan fingerprint density at radius 1 is 0.933 bits per heavy atom. The number of anilines is 1. The van der Waals surface area contributed by atoms with Crippen molar-refractivity contribution < 1.29 is 0 Å². The maximum absolute atomic E-state index is 6.76. The van der Waals surface area contributed by atoms with Crippen LogP contribution in [0.2, 0.25) is 5.02 Å². The Morgan fingerprint density at radius 2 is 1.70 bits per heavy atom. The monoisotopic (exact) mass is 414 g/mol. The van der Waals surface area contributed by atoms with Gasteiger partial charge in [-0.05, 0) is 64.8 Å². The van der Waals surface area contributed by atoms with Crippen molar-refractivity contribution in [3.05, 3.63) is 81.6 Å². The molecule has 4 nitrogen and oxygen atoms in total. The van der Waals surface area contributed by atoms with Gasteiger partial charge >= 0.3 is 0 Å². The Labute approximate surface area is 181 Å². The maximum atomic E-state index is 6.76. The zero-order chi connectivity index (χ0) is 20.7. The summed E-state index contributed by atoms with van der Waals surface area (Å²) in [6, 6.07) is 17.0. The van der Waals surface area contributed by atoms with E-state index in [-0.39, 0.29) is 5.95 Å². The first-order chi connectivity index (χ1) is 14.6. The summed E-state index contributed by atoms with van der Waals surface area (Å²) in [6.07, 6.45) is 4.91. The molecule has 1 aliphatic carbocycles. The number of hydrogen-bond acceptors (Lipinski definition) is 4. The minimum atomic E-state index is 0.219. The van der Waals surface area contributed by atoms with Crippen LogP contribution in [0.1, 0.15) is 41.4 Å². The van der Waals surface area contributed by atoms with Gasteiger partial charge in [-0.2, -0.15) is 9.97 Å². The Kier molecular flexibility index (Phi) is 4.87. The van der Waals surface area contributed by atoms with E-state index in [1.807, 2.05) is 0 Å². The molecular weight excluding hydrogens is 392 g/mol. The number of aryl methyl sites for hydroxylation is 3. The Hall–Kier alpha value is -2.98. The molecule has 1 aromatic heterocycles. The second-order valence-corrected chi connectivity index (χ2v) is 8.27. The SMILES string of the molecule is CCc1ccc(Cc2nc(N)nc(-c3c(Cl)cc4c5c(cccc35)CCC4)n2)cc1. The average Bonchev–Trinajstić information content (AvgIpc) is 2.74. The lowest BCUT2D eigenvalue weighted by atomic mass is 9.86. The van der Waals surface area contributed by atoms with Gasteiger partial charge in [0.1, 0.15) is 5.82 Å². The predicted molar refractivity (Wildman–Crippen MR) is 123 cm³/mol. The van der Waals surface area contributed by atoms with Crippen molar-refractivity contribution in [3.8, 4) is 11.4 Å². The first-order valence-electron chi connectivity index (χ1n) is 10.4. The molecule has 4 aromatic rings. The van der Waals surface area contributed by atoms with Crippen LogP contribution in [-0.2, 0) is 25.7 Å². The molecule has 0 saturated heterocycles. The second kappa shape index (κ2) is 7.69. The van der Waals surface area contributed by atoms with Crippen LogP contribution >= 0.6 is 11.6 Å². The van der Waals surface area contributed by atoms with Crippen molar-refractivity contribution in [2.45, 2.75) is 39.0 Å². The fraction of sp³-hybridized carbons (Fsp3) is 0.240. The Bertz CT molecular complexity index is 1250. The first kappa shape index (κ1) is 19.0. The van der Waals surface area contributed by atoms with E-state index in [1.165, 1.54) is 22.1 Å². The van der Waals surface area contributed by atoms with Crippen LogP contribution in [0.3, 0.4) is 0 Å². The zero-order valence-electron chi connectivity index (χ0n) is 17.0. The number of benzene rings is 3. The molecule has 2 N–H and O–H groups in total. The molecule has 5 rings (SSSR count). The van der Waals surface area contributed by atoms with Gasteiger partial charge in [0.2, 0.25) is 5.95 Å². The van der Waals surface area contributed by atoms with Crippen LogP contribution in [0.25, 0.3) is 22.2 Å². The van der Waals surface area contributed by atoms with Crippen LogP contribution in [0.4, 0.5) is 5.95 Å². The van der Waals surface area contributed by atoms with Gasteiger partial charge in [-0.25, -0.2) is 4.98 Å². The molecule has 0 radical (unpaired) electrons. The number of hydrogen-bond donors (Lipinski definition) is 1. The van der Waals surface area contributed by atoms with Gasteiger partial charge in [-0.1, -0.05) is 61.0 Å². The standard InChI is InChI=1S/C25H23ClN4/c1-2-15-9-11-16(12-10-15)13-21-28-24(30-25(27)29-21)23-19-8-4-6-17-5-3-7-18(22(17)19)14-20(23)26/h4,6,8-12,14H,2-3,5,7,13H2,1H3,(H2,27,28,29,30). The number of nitrogen functional groups attached to an aromatic ring is 1. The van der Waals surface area contributed by atoms with E-state index in [0.717, 1.165) is 42.2 Å². The van der Waals surface area contributed by atoms with E-state index in [4.69, 9.17) is 22.3 Å². The van der Waals surface area contributed by atoms with E-state index in [9.17, 15) is 0 Å². The lowest BCUT2D eigenvalue weighted by Crippen LogP contribution is -2.07. The number of rotatable bonds is 4. The molecule has 1 heterocycles. The maximum Gasteiger partial charge on any atom is 0.223 e. The van der Waals surface area contributed by atoms with Crippen LogP contribution in [0.5, 0.6) is 0 Å². The fourth-order valence-corrected chi connectivity index (χ4v) is 4.74. The summed E-state index contributed by atoms with van der Waals surface area (Å²) in [5, 5.41) is 3.05. The summed E-state index contributed by atoms with van der Waals surface area (Å²) >= 11 is 6.76. The molecule has 5 heteroatoms. The molecular formula is C25H23ClN4. The van der Waals surface area contributed by atoms with Crippen LogP contribution in [0, 0.1) is 0 Å². The quantitative estimate of drug-likeness (QED) is 0.474. The minimum absolute atomic E-state index is 0.219. The third-order valence-electron chi connectivity index (χ3n) is 5.89. The molecule has 3 aromatic carbocycles. The lowest BCUT2D eigenvalue weighted by molar-refractivity contribution is 0.808. The number of nitrogens with two attached hydrogens (primary N) is 1. The summed E-state index contributed by atoms with van der Waals surface area (Å²) in [6.45, 7) is 2.15. The summed E-state index contributed by atoms with van der Waals surface area (Å²) in [5.74, 6) is 1.41. The smallest absolute Gasteiger partial charge is 0.223 e. The van der Waals surface area contributed by atoms with Gasteiger partial charge in [0.25, 0.3) is 0 Å². The van der Waals surface area contributed by atoms with Gasteiger partial charge in [-0.3, -0.25) is 0 Å². The topological polar surface area (TPSA) is 64.7 Å². The minimum Gasteiger partial charge on any atom is -0.368 e. The largest absolute Gasteiger partial charge is 0.368 e. The molecule has 1 aliphatic rings. The summed E-state index contributed by atoms with van der Waals surface area (Å²) in [7, 11) is 0.